The van der Waals surface area contributed by atoms with Gasteiger partial charge in [0.25, 0.3) is 0 Å². The summed E-state index contributed by atoms with van der Waals surface area (Å²) in [5, 5.41) is 9.41. The van der Waals surface area contributed by atoms with Gasteiger partial charge in [-0.1, -0.05) is 25.0 Å². The van der Waals surface area contributed by atoms with Crippen molar-refractivity contribution in [2.24, 2.45) is 5.92 Å². The van der Waals surface area contributed by atoms with Gasteiger partial charge in [-0.05, 0) is 43.4 Å². The molecule has 1 nitrogen and oxygen atoms in total. The van der Waals surface area contributed by atoms with E-state index in [4.69, 9.17) is 0 Å². The smallest absolute Gasteiger partial charge is 0.0761 e. The number of thioether (sulfide) groups is 1. The van der Waals surface area contributed by atoms with E-state index < -0.39 is 0 Å². The molecular formula is C14H20OS. The van der Waals surface area contributed by atoms with E-state index in [1.807, 2.05) is 23.9 Å². The van der Waals surface area contributed by atoms with E-state index >= 15 is 0 Å². The summed E-state index contributed by atoms with van der Waals surface area (Å²) in [6.07, 6.45) is 5.32. The third-order valence-electron chi connectivity index (χ3n) is 3.32. The molecule has 0 bridgehead atoms. The molecule has 2 heteroatoms. The molecule has 2 rings (SSSR count). The Morgan fingerprint density at radius 1 is 1.25 bits per heavy atom. The van der Waals surface area contributed by atoms with Gasteiger partial charge in [-0.2, -0.15) is 0 Å². The fourth-order valence-electron chi connectivity index (χ4n) is 2.23. The average Bonchev–Trinajstić information content (AvgIpc) is 2.80. The van der Waals surface area contributed by atoms with E-state index in [-0.39, 0.29) is 6.10 Å². The highest BCUT2D eigenvalue weighted by atomic mass is 32.2. The second kappa shape index (κ2) is 5.74. The first-order valence-electron chi connectivity index (χ1n) is 6.16. The largest absolute Gasteiger partial charge is 0.389 e. The molecule has 88 valence electrons. The van der Waals surface area contributed by atoms with Crippen LogP contribution in [0.4, 0.5) is 0 Å². The number of rotatable bonds is 4. The first kappa shape index (κ1) is 12.0. The molecule has 1 saturated carbocycles. The molecule has 1 aliphatic rings. The average molecular weight is 236 g/mol. The Kier molecular flexibility index (Phi) is 4.30. The molecule has 0 heterocycles. The Labute approximate surface area is 102 Å². The van der Waals surface area contributed by atoms with Crippen LogP contribution in [0.15, 0.2) is 29.2 Å². The van der Waals surface area contributed by atoms with Gasteiger partial charge in [-0.3, -0.25) is 0 Å². The van der Waals surface area contributed by atoms with Crippen molar-refractivity contribution in [3.05, 3.63) is 29.8 Å². The van der Waals surface area contributed by atoms with Crippen molar-refractivity contribution in [3.8, 4) is 0 Å². The summed E-state index contributed by atoms with van der Waals surface area (Å²) < 4.78 is 0. The van der Waals surface area contributed by atoms with Crippen molar-refractivity contribution < 1.29 is 5.11 Å². The summed E-state index contributed by atoms with van der Waals surface area (Å²) in [4.78, 5) is 1.33. The van der Waals surface area contributed by atoms with Crippen molar-refractivity contribution in [1.82, 2.24) is 0 Å². The third kappa shape index (κ3) is 3.26. The number of hydrogen-bond acceptors (Lipinski definition) is 2. The summed E-state index contributed by atoms with van der Waals surface area (Å²) in [6, 6.07) is 8.31. The number of aliphatic hydroxyl groups is 1. The van der Waals surface area contributed by atoms with Crippen LogP contribution in [-0.2, 0) is 0 Å². The minimum atomic E-state index is -0.353. The molecule has 0 aliphatic heterocycles. The summed E-state index contributed by atoms with van der Waals surface area (Å²) in [5.41, 5.74) is 1.00. The zero-order valence-electron chi connectivity index (χ0n) is 9.86. The quantitative estimate of drug-likeness (QED) is 0.797. The molecule has 1 aliphatic carbocycles. The number of aliphatic hydroxyl groups excluding tert-OH is 1. The Bertz CT molecular complexity index is 312. The highest BCUT2D eigenvalue weighted by Gasteiger charge is 2.14. The summed E-state index contributed by atoms with van der Waals surface area (Å²) in [7, 11) is 0. The van der Waals surface area contributed by atoms with Crippen LogP contribution in [-0.4, -0.2) is 10.9 Å². The van der Waals surface area contributed by atoms with E-state index in [9.17, 15) is 5.11 Å². The van der Waals surface area contributed by atoms with Crippen LogP contribution < -0.4 is 0 Å². The van der Waals surface area contributed by atoms with Crippen molar-refractivity contribution in [3.63, 3.8) is 0 Å². The standard InChI is InChI=1S/C14H20OS/c1-11(15)13-6-8-14(9-7-13)16-10-12-4-2-3-5-12/h6-9,11-12,15H,2-5,10H2,1H3/t11-/m0/s1. The molecule has 1 N–H and O–H groups in total. The molecule has 1 aromatic rings. The Hall–Kier alpha value is -0.470. The maximum atomic E-state index is 9.41. The number of benzene rings is 1. The molecule has 0 saturated heterocycles. The first-order chi connectivity index (χ1) is 7.75. The van der Waals surface area contributed by atoms with Crippen LogP contribution in [0.1, 0.15) is 44.3 Å². The van der Waals surface area contributed by atoms with Crippen molar-refractivity contribution >= 4 is 11.8 Å². The van der Waals surface area contributed by atoms with Crippen LogP contribution in [0.3, 0.4) is 0 Å². The van der Waals surface area contributed by atoms with Gasteiger partial charge in [0, 0.05) is 10.6 Å². The van der Waals surface area contributed by atoms with Gasteiger partial charge in [0.05, 0.1) is 6.10 Å². The fraction of sp³-hybridized carbons (Fsp3) is 0.571. The van der Waals surface area contributed by atoms with Gasteiger partial charge in [0.1, 0.15) is 0 Å². The summed E-state index contributed by atoms with van der Waals surface area (Å²) in [5.74, 6) is 2.19. The lowest BCUT2D eigenvalue weighted by atomic mass is 10.1. The molecule has 0 spiro atoms. The Morgan fingerprint density at radius 3 is 2.44 bits per heavy atom. The normalized spacial score (nSPS) is 18.9. The monoisotopic (exact) mass is 236 g/mol. The Morgan fingerprint density at radius 2 is 1.88 bits per heavy atom. The molecule has 0 amide bonds. The molecule has 0 unspecified atom stereocenters. The van der Waals surface area contributed by atoms with Crippen molar-refractivity contribution in [2.45, 2.75) is 43.6 Å². The lowest BCUT2D eigenvalue weighted by Crippen LogP contribution is -1.96. The van der Waals surface area contributed by atoms with E-state index in [1.165, 1.54) is 36.3 Å². The van der Waals surface area contributed by atoms with E-state index in [2.05, 4.69) is 12.1 Å². The Balaban J connectivity index is 1.84. The summed E-state index contributed by atoms with van der Waals surface area (Å²) >= 11 is 1.96. The van der Waals surface area contributed by atoms with Gasteiger partial charge in [0.2, 0.25) is 0 Å². The van der Waals surface area contributed by atoms with Gasteiger partial charge in [-0.15, -0.1) is 11.8 Å². The highest BCUT2D eigenvalue weighted by Crippen LogP contribution is 2.31. The lowest BCUT2D eigenvalue weighted by molar-refractivity contribution is 0.199. The third-order valence-corrected chi connectivity index (χ3v) is 4.57. The van der Waals surface area contributed by atoms with Crippen LogP contribution in [0.2, 0.25) is 0 Å². The van der Waals surface area contributed by atoms with Gasteiger partial charge in [-0.25, -0.2) is 0 Å². The SMILES string of the molecule is C[C@H](O)c1ccc(SCC2CCCC2)cc1. The van der Waals surface area contributed by atoms with E-state index in [0.717, 1.165) is 11.5 Å². The maximum absolute atomic E-state index is 9.41. The van der Waals surface area contributed by atoms with Crippen molar-refractivity contribution in [1.29, 1.82) is 0 Å². The van der Waals surface area contributed by atoms with Gasteiger partial charge >= 0.3 is 0 Å². The van der Waals surface area contributed by atoms with Crippen molar-refractivity contribution in [2.75, 3.05) is 5.75 Å². The molecule has 0 aromatic heterocycles. The van der Waals surface area contributed by atoms with Gasteiger partial charge in [0.15, 0.2) is 0 Å². The van der Waals surface area contributed by atoms with E-state index in [1.54, 1.807) is 6.92 Å². The first-order valence-corrected chi connectivity index (χ1v) is 7.15. The molecular weight excluding hydrogens is 216 g/mol. The zero-order chi connectivity index (χ0) is 11.4. The molecule has 1 aromatic carbocycles. The minimum absolute atomic E-state index is 0.353. The van der Waals surface area contributed by atoms with E-state index in [0.29, 0.717) is 0 Å². The predicted octanol–water partition coefficient (Wildman–Crippen LogP) is 4.02. The molecule has 0 radical (unpaired) electrons. The maximum Gasteiger partial charge on any atom is 0.0761 e. The zero-order valence-corrected chi connectivity index (χ0v) is 10.7. The minimum Gasteiger partial charge on any atom is -0.389 e. The molecule has 1 fully saturated rings. The predicted molar refractivity (Wildman–Crippen MR) is 69.8 cm³/mol. The fourth-order valence-corrected chi connectivity index (χ4v) is 3.32. The second-order valence-electron chi connectivity index (χ2n) is 4.71. The summed E-state index contributed by atoms with van der Waals surface area (Å²) in [6.45, 7) is 1.81. The van der Waals surface area contributed by atoms with Crippen LogP contribution in [0.25, 0.3) is 0 Å². The lowest BCUT2D eigenvalue weighted by Gasteiger charge is -2.09. The van der Waals surface area contributed by atoms with Crippen LogP contribution in [0, 0.1) is 5.92 Å². The van der Waals surface area contributed by atoms with Crippen LogP contribution >= 0.6 is 11.8 Å². The topological polar surface area (TPSA) is 20.2 Å². The number of hydrogen-bond donors (Lipinski definition) is 1. The molecule has 16 heavy (non-hydrogen) atoms. The molecule has 1 atom stereocenters. The van der Waals surface area contributed by atoms with Gasteiger partial charge < -0.3 is 5.11 Å². The van der Waals surface area contributed by atoms with Crippen LogP contribution in [0.5, 0.6) is 0 Å². The highest BCUT2D eigenvalue weighted by molar-refractivity contribution is 7.99. The second-order valence-corrected chi connectivity index (χ2v) is 5.80.